The molecule has 0 aliphatic carbocycles. The minimum absolute atomic E-state index is 0.0514. The molecule has 7 heteroatoms. The fraction of sp³-hybridized carbons (Fsp3) is 0.529. The van der Waals surface area contributed by atoms with Gasteiger partial charge >= 0.3 is 0 Å². The molecule has 2 aromatic rings. The topological polar surface area (TPSA) is 81.1 Å². The summed E-state index contributed by atoms with van der Waals surface area (Å²) in [6.07, 6.45) is 0.741. The van der Waals surface area contributed by atoms with E-state index >= 15 is 0 Å². The molecule has 0 radical (unpaired) electrons. The van der Waals surface area contributed by atoms with Crippen molar-refractivity contribution >= 4 is 26.8 Å². The van der Waals surface area contributed by atoms with Crippen molar-refractivity contribution in [3.05, 3.63) is 29.6 Å². The predicted octanol–water partition coefficient (Wildman–Crippen LogP) is 1.77. The Balaban J connectivity index is 1.72. The van der Waals surface area contributed by atoms with Crippen molar-refractivity contribution in [2.75, 3.05) is 11.5 Å². The lowest BCUT2D eigenvalue weighted by Gasteiger charge is -2.12. The van der Waals surface area contributed by atoms with Gasteiger partial charge in [-0.15, -0.1) is 0 Å². The lowest BCUT2D eigenvalue weighted by atomic mass is 10.1. The van der Waals surface area contributed by atoms with Gasteiger partial charge in [-0.1, -0.05) is 6.07 Å². The Morgan fingerprint density at radius 3 is 2.79 bits per heavy atom. The van der Waals surface area contributed by atoms with Gasteiger partial charge < -0.3 is 9.88 Å². The van der Waals surface area contributed by atoms with Crippen molar-refractivity contribution in [1.82, 2.24) is 14.9 Å². The number of hydrogen-bond donors (Lipinski definition) is 1. The van der Waals surface area contributed by atoms with Gasteiger partial charge in [-0.25, -0.2) is 13.4 Å². The summed E-state index contributed by atoms with van der Waals surface area (Å²) < 4.78 is 25.1. The van der Waals surface area contributed by atoms with Crippen molar-refractivity contribution < 1.29 is 13.2 Å². The normalized spacial score (nSPS) is 19.9. The zero-order valence-corrected chi connectivity index (χ0v) is 15.1. The van der Waals surface area contributed by atoms with Gasteiger partial charge in [0.1, 0.15) is 5.82 Å². The second-order valence-electron chi connectivity index (χ2n) is 6.79. The summed E-state index contributed by atoms with van der Waals surface area (Å²) >= 11 is 0. The number of aromatic nitrogens is 2. The molecule has 0 bridgehead atoms. The van der Waals surface area contributed by atoms with Crippen LogP contribution in [0.4, 0.5) is 0 Å². The van der Waals surface area contributed by atoms with Gasteiger partial charge in [-0.05, 0) is 44.9 Å². The van der Waals surface area contributed by atoms with Crippen molar-refractivity contribution in [1.29, 1.82) is 0 Å². The van der Waals surface area contributed by atoms with E-state index in [1.807, 2.05) is 25.1 Å². The van der Waals surface area contributed by atoms with Crippen molar-refractivity contribution in [2.45, 2.75) is 45.7 Å². The molecule has 1 aliphatic rings. The number of nitrogens with one attached hydrogen (secondary N) is 1. The number of sulfone groups is 1. The van der Waals surface area contributed by atoms with Gasteiger partial charge in [0.2, 0.25) is 5.91 Å². The monoisotopic (exact) mass is 349 g/mol. The van der Waals surface area contributed by atoms with Crippen molar-refractivity contribution in [2.24, 2.45) is 0 Å². The summed E-state index contributed by atoms with van der Waals surface area (Å²) in [5.74, 6) is 1.03. The quantitative estimate of drug-likeness (QED) is 0.912. The molecule has 1 aliphatic heterocycles. The van der Waals surface area contributed by atoms with Crippen LogP contribution in [0.1, 0.15) is 37.7 Å². The molecule has 1 amide bonds. The fourth-order valence-electron chi connectivity index (χ4n) is 3.40. The highest BCUT2D eigenvalue weighted by Gasteiger charge is 2.28. The molecule has 1 unspecified atom stereocenters. The molecular weight excluding hydrogens is 326 g/mol. The highest BCUT2D eigenvalue weighted by atomic mass is 32.2. The largest absolute Gasteiger partial charge is 0.352 e. The van der Waals surface area contributed by atoms with Gasteiger partial charge in [-0.2, -0.15) is 0 Å². The molecule has 1 fully saturated rings. The Labute approximate surface area is 142 Å². The Bertz CT molecular complexity index is 884. The summed E-state index contributed by atoms with van der Waals surface area (Å²) in [6.45, 7) is 6.21. The number of benzene rings is 1. The van der Waals surface area contributed by atoms with E-state index < -0.39 is 9.84 Å². The van der Waals surface area contributed by atoms with E-state index in [-0.39, 0.29) is 29.9 Å². The summed E-state index contributed by atoms with van der Waals surface area (Å²) in [5, 5.41) is 2.82. The minimum Gasteiger partial charge on any atom is -0.352 e. The molecule has 0 spiro atoms. The Kier molecular flexibility index (Phi) is 4.38. The third kappa shape index (κ3) is 3.45. The lowest BCUT2D eigenvalue weighted by molar-refractivity contribution is -0.120. The van der Waals surface area contributed by atoms with Crippen LogP contribution in [0.25, 0.3) is 11.0 Å². The number of carbonyl (C=O) groups is 1. The maximum atomic E-state index is 12.2. The Morgan fingerprint density at radius 1 is 1.42 bits per heavy atom. The van der Waals surface area contributed by atoms with Gasteiger partial charge in [-0.3, -0.25) is 4.79 Å². The van der Waals surface area contributed by atoms with Crippen LogP contribution in [0.3, 0.4) is 0 Å². The summed E-state index contributed by atoms with van der Waals surface area (Å²) in [6, 6.07) is 5.94. The van der Waals surface area contributed by atoms with Crippen LogP contribution in [0.5, 0.6) is 0 Å². The number of carbonyl (C=O) groups excluding carboxylic acids is 1. The Morgan fingerprint density at radius 2 is 2.17 bits per heavy atom. The average molecular weight is 349 g/mol. The maximum Gasteiger partial charge on any atom is 0.224 e. The first kappa shape index (κ1) is 17.0. The fourth-order valence-corrected chi connectivity index (χ4v) is 5.07. The molecule has 1 N–H and O–H groups in total. The van der Waals surface area contributed by atoms with E-state index in [1.165, 1.54) is 0 Å². The highest BCUT2D eigenvalue weighted by molar-refractivity contribution is 7.91. The van der Waals surface area contributed by atoms with Crippen LogP contribution >= 0.6 is 0 Å². The van der Waals surface area contributed by atoms with Crippen LogP contribution in [0.15, 0.2) is 18.2 Å². The van der Waals surface area contributed by atoms with Crippen LogP contribution in [0, 0.1) is 6.92 Å². The standard InChI is InChI=1S/C17H23N3O3S/c1-11(2)20-12(3)18-15-8-13(4-5-16(15)20)9-17(21)19-14-6-7-24(22,23)10-14/h4-5,8,11,14H,6-7,9-10H2,1-3H3,(H,19,21). The van der Waals surface area contributed by atoms with Gasteiger partial charge in [0.25, 0.3) is 0 Å². The van der Waals surface area contributed by atoms with E-state index in [1.54, 1.807) is 0 Å². The summed E-state index contributed by atoms with van der Waals surface area (Å²) in [7, 11) is -2.98. The van der Waals surface area contributed by atoms with Crippen LogP contribution in [-0.4, -0.2) is 41.4 Å². The number of amides is 1. The first-order valence-electron chi connectivity index (χ1n) is 8.22. The molecule has 2 heterocycles. The highest BCUT2D eigenvalue weighted by Crippen LogP contribution is 2.22. The second-order valence-corrected chi connectivity index (χ2v) is 9.02. The van der Waals surface area contributed by atoms with Crippen LogP contribution in [0.2, 0.25) is 0 Å². The first-order chi connectivity index (χ1) is 11.2. The number of nitrogens with zero attached hydrogens (tertiary/aromatic N) is 2. The molecular formula is C17H23N3O3S. The molecule has 24 heavy (non-hydrogen) atoms. The number of rotatable bonds is 4. The Hall–Kier alpha value is -1.89. The summed E-state index contributed by atoms with van der Waals surface area (Å²) in [5.41, 5.74) is 2.83. The lowest BCUT2D eigenvalue weighted by Crippen LogP contribution is -2.36. The van der Waals surface area contributed by atoms with Crippen LogP contribution < -0.4 is 5.32 Å². The third-order valence-electron chi connectivity index (χ3n) is 4.41. The molecule has 1 atom stereocenters. The van der Waals surface area contributed by atoms with E-state index in [2.05, 4.69) is 28.7 Å². The zero-order chi connectivity index (χ0) is 17.5. The molecule has 6 nitrogen and oxygen atoms in total. The molecule has 1 aromatic heterocycles. The van der Waals surface area contributed by atoms with E-state index in [0.717, 1.165) is 22.4 Å². The van der Waals surface area contributed by atoms with E-state index in [4.69, 9.17) is 0 Å². The number of fused-ring (bicyclic) bond motifs is 1. The average Bonchev–Trinajstić information content (AvgIpc) is 2.96. The van der Waals surface area contributed by atoms with Gasteiger partial charge in [0, 0.05) is 12.1 Å². The first-order valence-corrected chi connectivity index (χ1v) is 10.0. The molecule has 130 valence electrons. The smallest absolute Gasteiger partial charge is 0.224 e. The molecule has 1 saturated heterocycles. The van der Waals surface area contributed by atoms with E-state index in [0.29, 0.717) is 12.5 Å². The molecule has 0 saturated carbocycles. The predicted molar refractivity (Wildman–Crippen MR) is 93.8 cm³/mol. The summed E-state index contributed by atoms with van der Waals surface area (Å²) in [4.78, 5) is 16.7. The zero-order valence-electron chi connectivity index (χ0n) is 14.2. The maximum absolute atomic E-state index is 12.2. The van der Waals surface area contributed by atoms with E-state index in [9.17, 15) is 13.2 Å². The molecule has 1 aromatic carbocycles. The number of hydrogen-bond acceptors (Lipinski definition) is 4. The van der Waals surface area contributed by atoms with Crippen LogP contribution in [-0.2, 0) is 21.1 Å². The third-order valence-corrected chi connectivity index (χ3v) is 6.18. The van der Waals surface area contributed by atoms with Gasteiger partial charge in [0.05, 0.1) is 29.0 Å². The SMILES string of the molecule is Cc1nc2cc(CC(=O)NC3CCS(=O)(=O)C3)ccc2n1C(C)C. The van der Waals surface area contributed by atoms with Crippen molar-refractivity contribution in [3.63, 3.8) is 0 Å². The minimum atomic E-state index is -2.98. The second kappa shape index (κ2) is 6.20. The molecule has 3 rings (SSSR count). The van der Waals surface area contributed by atoms with Crippen molar-refractivity contribution in [3.8, 4) is 0 Å². The number of imidazole rings is 1. The number of aryl methyl sites for hydroxylation is 1. The van der Waals surface area contributed by atoms with Gasteiger partial charge in [0.15, 0.2) is 9.84 Å².